The maximum Gasteiger partial charge on any atom is 0.410 e. The highest BCUT2D eigenvalue weighted by Gasteiger charge is 2.39. The number of carbonyl (C=O) groups excluding carboxylic acids is 3. The number of nitrogens with one attached hydrogen (secondary N) is 1. The molecule has 1 aliphatic rings. The van der Waals surface area contributed by atoms with Crippen LogP contribution in [0.4, 0.5) is 21.0 Å². The monoisotopic (exact) mass is 629 g/mol. The number of thioether (sulfide) groups is 1. The molecule has 2 amide bonds. The van der Waals surface area contributed by atoms with Crippen molar-refractivity contribution in [2.24, 2.45) is 0 Å². The second-order valence-corrected chi connectivity index (χ2v) is 11.9. The molecule has 226 valence electrons. The molecule has 1 N–H and O–H groups in total. The largest absolute Gasteiger partial charge is 0.445 e. The number of rotatable bonds is 11. The normalized spacial score (nSPS) is 16.0. The zero-order valence-electron chi connectivity index (χ0n) is 22.9. The SMILES string of the molecule is CC(=O)SC1CC(c2csc(CCNC(=O)OCc3ccc([N+](=O)[O-])cc3)n2)N(C(=O)OCc2ccc([N+](=O)[O-])cc2)C1. The molecule has 1 fully saturated rings. The standard InChI is InChI=1S/C27H27N5O9S2/c1-17(33)43-22-12-24(30(13-22)27(35)41-15-19-4-8-21(9-5-19)32(38)39)23-16-42-25(29-23)10-11-28-26(34)40-14-18-2-6-20(7-3-18)31(36)37/h2-9,16,22,24H,10-15H2,1H3,(H,28,34). The minimum absolute atomic E-state index is 0.0392. The second-order valence-electron chi connectivity index (χ2n) is 9.46. The summed E-state index contributed by atoms with van der Waals surface area (Å²) in [7, 11) is 0. The minimum atomic E-state index is -0.642. The van der Waals surface area contributed by atoms with Crippen LogP contribution < -0.4 is 5.32 Å². The second kappa shape index (κ2) is 14.6. The summed E-state index contributed by atoms with van der Waals surface area (Å²) in [6.45, 7) is 1.91. The molecule has 1 saturated heterocycles. The minimum Gasteiger partial charge on any atom is -0.445 e. The van der Waals surface area contributed by atoms with E-state index in [4.69, 9.17) is 9.47 Å². The number of nitro benzene ring substituents is 2. The first-order chi connectivity index (χ1) is 20.6. The predicted octanol–water partition coefficient (Wildman–Crippen LogP) is 5.16. The molecule has 4 rings (SSSR count). The fraction of sp³-hybridized carbons (Fsp3) is 0.333. The number of hydrogen-bond acceptors (Lipinski definition) is 12. The van der Waals surface area contributed by atoms with E-state index in [0.717, 1.165) is 16.8 Å². The number of carbonyl (C=O) groups is 3. The summed E-state index contributed by atoms with van der Waals surface area (Å²) in [5, 5.41) is 26.6. The van der Waals surface area contributed by atoms with E-state index >= 15 is 0 Å². The lowest BCUT2D eigenvalue weighted by molar-refractivity contribution is -0.385. The van der Waals surface area contributed by atoms with Crippen molar-refractivity contribution in [3.8, 4) is 0 Å². The Labute approximate surface area is 253 Å². The number of aromatic nitrogens is 1. The zero-order chi connectivity index (χ0) is 30.9. The van der Waals surface area contributed by atoms with Crippen LogP contribution >= 0.6 is 23.1 Å². The Morgan fingerprint density at radius 1 is 1.00 bits per heavy atom. The van der Waals surface area contributed by atoms with Gasteiger partial charge in [0.05, 0.1) is 26.6 Å². The smallest absolute Gasteiger partial charge is 0.410 e. The maximum absolute atomic E-state index is 13.1. The lowest BCUT2D eigenvalue weighted by Crippen LogP contribution is -2.32. The highest BCUT2D eigenvalue weighted by Crippen LogP contribution is 2.38. The summed E-state index contributed by atoms with van der Waals surface area (Å²) in [5.41, 5.74) is 1.74. The average molecular weight is 630 g/mol. The number of ether oxygens (including phenoxy) is 2. The van der Waals surface area contributed by atoms with E-state index in [9.17, 15) is 34.6 Å². The Balaban J connectivity index is 1.29. The average Bonchev–Trinajstić information content (AvgIpc) is 3.62. The van der Waals surface area contributed by atoms with Crippen LogP contribution in [0.25, 0.3) is 0 Å². The van der Waals surface area contributed by atoms with Gasteiger partial charge in [-0.1, -0.05) is 11.8 Å². The summed E-state index contributed by atoms with van der Waals surface area (Å²) >= 11 is 2.54. The number of amides is 2. The Kier molecular flexibility index (Phi) is 10.6. The molecule has 0 aliphatic carbocycles. The van der Waals surface area contributed by atoms with Crippen LogP contribution in [-0.2, 0) is 33.9 Å². The third-order valence-electron chi connectivity index (χ3n) is 6.38. The van der Waals surface area contributed by atoms with Gasteiger partial charge in [-0.15, -0.1) is 11.3 Å². The maximum atomic E-state index is 13.1. The number of likely N-dealkylation sites (tertiary alicyclic amines) is 1. The summed E-state index contributed by atoms with van der Waals surface area (Å²) in [6, 6.07) is 11.0. The van der Waals surface area contributed by atoms with Gasteiger partial charge in [-0.3, -0.25) is 29.9 Å². The number of nitrogens with zero attached hydrogens (tertiary/aromatic N) is 4. The van der Waals surface area contributed by atoms with Crippen molar-refractivity contribution in [2.75, 3.05) is 13.1 Å². The van der Waals surface area contributed by atoms with E-state index in [0.29, 0.717) is 36.2 Å². The van der Waals surface area contributed by atoms with Crippen LogP contribution in [0.3, 0.4) is 0 Å². The van der Waals surface area contributed by atoms with Crippen LogP contribution in [0.2, 0.25) is 0 Å². The highest BCUT2D eigenvalue weighted by atomic mass is 32.2. The summed E-state index contributed by atoms with van der Waals surface area (Å²) in [4.78, 5) is 63.7. The summed E-state index contributed by atoms with van der Waals surface area (Å²) in [5.74, 6) is 0. The van der Waals surface area contributed by atoms with Gasteiger partial charge < -0.3 is 14.8 Å². The Morgan fingerprint density at radius 2 is 1.58 bits per heavy atom. The van der Waals surface area contributed by atoms with Gasteiger partial charge in [0.1, 0.15) is 13.2 Å². The quantitative estimate of drug-likeness (QED) is 0.218. The van der Waals surface area contributed by atoms with Gasteiger partial charge in [0.25, 0.3) is 11.4 Å². The number of nitro groups is 2. The number of benzene rings is 2. The van der Waals surface area contributed by atoms with E-state index in [-0.39, 0.29) is 41.5 Å². The molecule has 14 nitrogen and oxygen atoms in total. The topological polar surface area (TPSA) is 184 Å². The molecule has 1 aliphatic heterocycles. The fourth-order valence-corrected chi connectivity index (χ4v) is 6.15. The summed E-state index contributed by atoms with van der Waals surface area (Å²) < 4.78 is 10.6. The van der Waals surface area contributed by atoms with Gasteiger partial charge in [-0.05, 0) is 41.8 Å². The molecular weight excluding hydrogens is 602 g/mol. The molecule has 1 aromatic heterocycles. The Bertz CT molecular complexity index is 1480. The van der Waals surface area contributed by atoms with E-state index in [2.05, 4.69) is 10.3 Å². The van der Waals surface area contributed by atoms with Crippen LogP contribution in [0.5, 0.6) is 0 Å². The van der Waals surface area contributed by atoms with Crippen molar-refractivity contribution in [1.82, 2.24) is 15.2 Å². The number of hydrogen-bond donors (Lipinski definition) is 1. The van der Waals surface area contributed by atoms with Crippen LogP contribution in [0.1, 0.15) is 41.2 Å². The van der Waals surface area contributed by atoms with Crippen molar-refractivity contribution in [3.63, 3.8) is 0 Å². The molecule has 0 radical (unpaired) electrons. The van der Waals surface area contributed by atoms with Gasteiger partial charge in [-0.2, -0.15) is 0 Å². The molecular formula is C27H27N5O9S2. The van der Waals surface area contributed by atoms with Crippen molar-refractivity contribution < 1.29 is 33.7 Å². The number of non-ortho nitro benzene ring substituents is 2. The van der Waals surface area contributed by atoms with E-state index < -0.39 is 28.1 Å². The van der Waals surface area contributed by atoms with Gasteiger partial charge in [0, 0.05) is 61.3 Å². The molecule has 2 aromatic carbocycles. The van der Waals surface area contributed by atoms with Crippen molar-refractivity contribution >= 4 is 51.8 Å². The first-order valence-corrected chi connectivity index (χ1v) is 14.8. The van der Waals surface area contributed by atoms with Gasteiger partial charge in [-0.25, -0.2) is 14.6 Å². The fourth-order valence-electron chi connectivity index (χ4n) is 4.32. The van der Waals surface area contributed by atoms with Gasteiger partial charge >= 0.3 is 12.2 Å². The Hall–Kier alpha value is -4.57. The molecule has 16 heteroatoms. The zero-order valence-corrected chi connectivity index (χ0v) is 24.5. The van der Waals surface area contributed by atoms with Crippen molar-refractivity contribution in [2.45, 2.75) is 44.3 Å². The molecule has 43 heavy (non-hydrogen) atoms. The third kappa shape index (κ3) is 8.96. The third-order valence-corrected chi connectivity index (χ3v) is 8.31. The molecule has 2 atom stereocenters. The molecule has 0 saturated carbocycles. The predicted molar refractivity (Wildman–Crippen MR) is 157 cm³/mol. The van der Waals surface area contributed by atoms with Crippen LogP contribution in [0, 0.1) is 20.2 Å². The van der Waals surface area contributed by atoms with Crippen LogP contribution in [-0.4, -0.2) is 55.4 Å². The van der Waals surface area contributed by atoms with E-state index in [1.165, 1.54) is 66.8 Å². The summed E-state index contributed by atoms with van der Waals surface area (Å²) in [6.07, 6.45) is -0.299. The van der Waals surface area contributed by atoms with Gasteiger partial charge in [0.15, 0.2) is 5.12 Å². The molecule has 2 unspecified atom stereocenters. The number of thiazole rings is 1. The van der Waals surface area contributed by atoms with E-state index in [1.54, 1.807) is 4.90 Å². The molecule has 3 aromatic rings. The lowest BCUT2D eigenvalue weighted by atomic mass is 10.1. The van der Waals surface area contributed by atoms with Crippen molar-refractivity contribution in [3.05, 3.63) is 96.0 Å². The number of alkyl carbamates (subject to hydrolysis) is 1. The first-order valence-electron chi connectivity index (χ1n) is 13.0. The van der Waals surface area contributed by atoms with Gasteiger partial charge in [0.2, 0.25) is 0 Å². The first kappa shape index (κ1) is 31.4. The Morgan fingerprint density at radius 3 is 2.14 bits per heavy atom. The molecule has 0 bridgehead atoms. The van der Waals surface area contributed by atoms with E-state index in [1.807, 2.05) is 5.38 Å². The van der Waals surface area contributed by atoms with Crippen molar-refractivity contribution in [1.29, 1.82) is 0 Å². The van der Waals surface area contributed by atoms with Crippen LogP contribution in [0.15, 0.2) is 53.9 Å². The molecule has 0 spiro atoms. The lowest BCUT2D eigenvalue weighted by Gasteiger charge is -2.22. The molecule has 2 heterocycles. The highest BCUT2D eigenvalue weighted by molar-refractivity contribution is 8.14.